The van der Waals surface area contributed by atoms with Gasteiger partial charge in [-0.25, -0.2) is 0 Å². The Morgan fingerprint density at radius 3 is 2.13 bits per heavy atom. The van der Waals surface area contributed by atoms with Crippen molar-refractivity contribution in [2.45, 2.75) is 11.7 Å². The first-order valence-electron chi connectivity index (χ1n) is 9.92. The summed E-state index contributed by atoms with van der Waals surface area (Å²) in [6.07, 6.45) is 1.80. The molecule has 3 aromatic carbocycles. The summed E-state index contributed by atoms with van der Waals surface area (Å²) in [6, 6.07) is 27.9. The standard InChI is InChI=1S/C25H22N4OS/c1-2-17-29-24(21-11-7-4-8-12-21)27-28-25(29)31-18-23(30)26-22-15-13-20(14-16-22)19-9-5-3-6-10-19/h2-16H,1,17-18H2,(H,26,30). The van der Waals surface area contributed by atoms with E-state index in [2.05, 4.69) is 34.2 Å². The lowest BCUT2D eigenvalue weighted by Gasteiger charge is -2.09. The molecular formula is C25H22N4OS. The SMILES string of the molecule is C=CCn1c(SCC(=O)Nc2ccc(-c3ccccc3)cc2)nnc1-c1ccccc1. The highest BCUT2D eigenvalue weighted by Gasteiger charge is 2.15. The van der Waals surface area contributed by atoms with Crippen LogP contribution in [0.3, 0.4) is 0 Å². The Labute approximate surface area is 185 Å². The monoisotopic (exact) mass is 426 g/mol. The first-order chi connectivity index (χ1) is 15.2. The van der Waals surface area contributed by atoms with Gasteiger partial charge in [0.05, 0.1) is 5.75 Å². The average Bonchev–Trinajstić information content (AvgIpc) is 3.22. The zero-order valence-electron chi connectivity index (χ0n) is 16.9. The second-order valence-corrected chi connectivity index (χ2v) is 7.79. The Balaban J connectivity index is 1.40. The van der Waals surface area contributed by atoms with Crippen LogP contribution >= 0.6 is 11.8 Å². The number of nitrogens with zero attached hydrogens (tertiary/aromatic N) is 3. The molecule has 0 bridgehead atoms. The predicted octanol–water partition coefficient (Wildman–Crippen LogP) is 5.53. The number of aromatic nitrogens is 3. The van der Waals surface area contributed by atoms with E-state index in [9.17, 15) is 4.79 Å². The quantitative estimate of drug-likeness (QED) is 0.297. The molecule has 0 spiro atoms. The number of amides is 1. The van der Waals surface area contributed by atoms with Crippen molar-refractivity contribution in [1.82, 2.24) is 14.8 Å². The summed E-state index contributed by atoms with van der Waals surface area (Å²) in [4.78, 5) is 12.5. The summed E-state index contributed by atoms with van der Waals surface area (Å²) in [5.41, 5.74) is 4.00. The van der Waals surface area contributed by atoms with Gasteiger partial charge in [-0.1, -0.05) is 90.6 Å². The molecule has 154 valence electrons. The third kappa shape index (κ3) is 5.10. The molecule has 0 aliphatic carbocycles. The third-order valence-corrected chi connectivity index (χ3v) is 5.64. The van der Waals surface area contributed by atoms with Crippen LogP contribution in [0.1, 0.15) is 0 Å². The Morgan fingerprint density at radius 1 is 0.871 bits per heavy atom. The van der Waals surface area contributed by atoms with Crippen molar-refractivity contribution in [3.63, 3.8) is 0 Å². The minimum absolute atomic E-state index is 0.0909. The van der Waals surface area contributed by atoms with Crippen LogP contribution in [0.25, 0.3) is 22.5 Å². The van der Waals surface area contributed by atoms with E-state index >= 15 is 0 Å². The Hall–Kier alpha value is -3.64. The number of allylic oxidation sites excluding steroid dienone is 1. The van der Waals surface area contributed by atoms with Gasteiger partial charge < -0.3 is 5.32 Å². The summed E-state index contributed by atoms with van der Waals surface area (Å²) in [7, 11) is 0. The molecule has 0 radical (unpaired) electrons. The van der Waals surface area contributed by atoms with E-state index in [0.29, 0.717) is 11.7 Å². The van der Waals surface area contributed by atoms with Crippen LogP contribution in [0.2, 0.25) is 0 Å². The normalized spacial score (nSPS) is 10.6. The molecule has 0 saturated carbocycles. The number of rotatable bonds is 8. The molecule has 4 aromatic rings. The van der Waals surface area contributed by atoms with E-state index in [1.54, 1.807) is 6.08 Å². The number of nitrogens with one attached hydrogen (secondary N) is 1. The van der Waals surface area contributed by atoms with Crippen LogP contribution < -0.4 is 5.32 Å². The maximum Gasteiger partial charge on any atom is 0.234 e. The molecule has 6 heteroatoms. The highest BCUT2D eigenvalue weighted by atomic mass is 32.2. The predicted molar refractivity (Wildman–Crippen MR) is 127 cm³/mol. The van der Waals surface area contributed by atoms with Gasteiger partial charge in [0.2, 0.25) is 5.91 Å². The highest BCUT2D eigenvalue weighted by Crippen LogP contribution is 2.25. The summed E-state index contributed by atoms with van der Waals surface area (Å²) >= 11 is 1.36. The second-order valence-electron chi connectivity index (χ2n) is 6.85. The van der Waals surface area contributed by atoms with Gasteiger partial charge in [-0.3, -0.25) is 9.36 Å². The number of anilines is 1. The lowest BCUT2D eigenvalue weighted by atomic mass is 10.1. The number of hydrogen-bond donors (Lipinski definition) is 1. The maximum atomic E-state index is 12.5. The number of carbonyl (C=O) groups is 1. The smallest absolute Gasteiger partial charge is 0.234 e. The molecule has 0 atom stereocenters. The number of benzene rings is 3. The zero-order valence-corrected chi connectivity index (χ0v) is 17.8. The van der Waals surface area contributed by atoms with E-state index in [0.717, 1.165) is 28.2 Å². The van der Waals surface area contributed by atoms with Crippen molar-refractivity contribution in [2.75, 3.05) is 11.1 Å². The lowest BCUT2D eigenvalue weighted by molar-refractivity contribution is -0.113. The molecule has 0 aliphatic heterocycles. The van der Waals surface area contributed by atoms with Crippen molar-refractivity contribution >= 4 is 23.4 Å². The summed E-state index contributed by atoms with van der Waals surface area (Å²) in [5.74, 6) is 0.914. The average molecular weight is 427 g/mol. The van der Waals surface area contributed by atoms with E-state index in [-0.39, 0.29) is 11.7 Å². The van der Waals surface area contributed by atoms with Crippen LogP contribution in [-0.2, 0) is 11.3 Å². The fraction of sp³-hybridized carbons (Fsp3) is 0.0800. The van der Waals surface area contributed by atoms with Gasteiger partial charge in [0, 0.05) is 17.8 Å². The summed E-state index contributed by atoms with van der Waals surface area (Å²) in [6.45, 7) is 4.40. The Morgan fingerprint density at radius 2 is 1.48 bits per heavy atom. The van der Waals surface area contributed by atoms with Gasteiger partial charge in [-0.2, -0.15) is 0 Å². The largest absolute Gasteiger partial charge is 0.325 e. The molecule has 1 heterocycles. The van der Waals surface area contributed by atoms with Crippen LogP contribution in [0.5, 0.6) is 0 Å². The Bertz CT molecular complexity index is 1160. The molecule has 0 aliphatic rings. The molecular weight excluding hydrogens is 404 g/mol. The highest BCUT2D eigenvalue weighted by molar-refractivity contribution is 7.99. The minimum atomic E-state index is -0.0909. The number of hydrogen-bond acceptors (Lipinski definition) is 4. The fourth-order valence-electron chi connectivity index (χ4n) is 3.19. The first-order valence-corrected chi connectivity index (χ1v) is 10.9. The van der Waals surface area contributed by atoms with Crippen LogP contribution in [-0.4, -0.2) is 26.4 Å². The van der Waals surface area contributed by atoms with Gasteiger partial charge in [0.15, 0.2) is 11.0 Å². The van der Waals surface area contributed by atoms with E-state index < -0.39 is 0 Å². The van der Waals surface area contributed by atoms with Gasteiger partial charge in [0.1, 0.15) is 0 Å². The zero-order chi connectivity index (χ0) is 21.5. The van der Waals surface area contributed by atoms with Crippen molar-refractivity contribution < 1.29 is 4.79 Å². The van der Waals surface area contributed by atoms with Crippen molar-refractivity contribution in [1.29, 1.82) is 0 Å². The fourth-order valence-corrected chi connectivity index (χ4v) is 3.94. The second kappa shape index (κ2) is 9.91. The molecule has 31 heavy (non-hydrogen) atoms. The molecule has 5 nitrogen and oxygen atoms in total. The molecule has 0 saturated heterocycles. The first kappa shape index (κ1) is 20.6. The third-order valence-electron chi connectivity index (χ3n) is 4.67. The van der Waals surface area contributed by atoms with E-state index in [1.807, 2.05) is 77.4 Å². The lowest BCUT2D eigenvalue weighted by Crippen LogP contribution is -2.14. The van der Waals surface area contributed by atoms with E-state index in [1.165, 1.54) is 11.8 Å². The molecule has 0 unspecified atom stereocenters. The Kier molecular flexibility index (Phi) is 6.59. The van der Waals surface area contributed by atoms with Crippen molar-refractivity contribution in [3.05, 3.63) is 97.6 Å². The van der Waals surface area contributed by atoms with Gasteiger partial charge in [-0.05, 0) is 23.3 Å². The molecule has 4 rings (SSSR count). The van der Waals surface area contributed by atoms with E-state index in [4.69, 9.17) is 0 Å². The van der Waals surface area contributed by atoms with Crippen LogP contribution in [0.15, 0.2) is 103 Å². The van der Waals surface area contributed by atoms with Gasteiger partial charge >= 0.3 is 0 Å². The molecule has 1 aromatic heterocycles. The topological polar surface area (TPSA) is 59.8 Å². The summed E-state index contributed by atoms with van der Waals surface area (Å²) < 4.78 is 1.97. The van der Waals surface area contributed by atoms with Crippen molar-refractivity contribution in [3.8, 4) is 22.5 Å². The van der Waals surface area contributed by atoms with Crippen LogP contribution in [0, 0.1) is 0 Å². The van der Waals surface area contributed by atoms with Gasteiger partial charge in [-0.15, -0.1) is 16.8 Å². The summed E-state index contributed by atoms with van der Waals surface area (Å²) in [5, 5.41) is 12.2. The van der Waals surface area contributed by atoms with Crippen LogP contribution in [0.4, 0.5) is 5.69 Å². The molecule has 1 N–H and O–H groups in total. The van der Waals surface area contributed by atoms with Gasteiger partial charge in [0.25, 0.3) is 0 Å². The molecule has 1 amide bonds. The molecule has 0 fully saturated rings. The number of carbonyl (C=O) groups excluding carboxylic acids is 1. The maximum absolute atomic E-state index is 12.5. The number of thioether (sulfide) groups is 1. The van der Waals surface area contributed by atoms with Crippen molar-refractivity contribution in [2.24, 2.45) is 0 Å². The minimum Gasteiger partial charge on any atom is -0.325 e.